The third kappa shape index (κ3) is 3.59. The highest BCUT2D eigenvalue weighted by Crippen LogP contribution is 2.15. The molecule has 2 heterocycles. The lowest BCUT2D eigenvalue weighted by atomic mass is 10.1. The Bertz CT molecular complexity index is 1070. The zero-order valence-electron chi connectivity index (χ0n) is 14.2. The summed E-state index contributed by atoms with van der Waals surface area (Å²) >= 11 is 0. The van der Waals surface area contributed by atoms with Gasteiger partial charge in [-0.05, 0) is 48.5 Å². The molecule has 0 saturated carbocycles. The third-order valence-electron chi connectivity index (χ3n) is 4.06. The minimum absolute atomic E-state index is 0.364. The fourth-order valence-electron chi connectivity index (χ4n) is 2.71. The van der Waals surface area contributed by atoms with Gasteiger partial charge in [0.2, 0.25) is 6.79 Å². The van der Waals surface area contributed by atoms with Crippen molar-refractivity contribution < 1.29 is 19.1 Å². The van der Waals surface area contributed by atoms with E-state index >= 15 is 0 Å². The van der Waals surface area contributed by atoms with E-state index in [1.165, 1.54) is 0 Å². The van der Waals surface area contributed by atoms with Crippen LogP contribution in [0, 0.1) is 0 Å². The fourth-order valence-corrected chi connectivity index (χ4v) is 2.71. The van der Waals surface area contributed by atoms with Crippen molar-refractivity contribution in [1.82, 2.24) is 9.97 Å². The fraction of sp³-hybridized carbons (Fsp3) is 0.0476. The van der Waals surface area contributed by atoms with Gasteiger partial charge in [0.1, 0.15) is 0 Å². The van der Waals surface area contributed by atoms with E-state index < -0.39 is 18.7 Å². The number of pyridine rings is 2. The van der Waals surface area contributed by atoms with Gasteiger partial charge in [0, 0.05) is 23.2 Å². The van der Waals surface area contributed by atoms with E-state index in [0.29, 0.717) is 11.1 Å². The molecule has 0 atom stereocenters. The van der Waals surface area contributed by atoms with Crippen LogP contribution in [0.25, 0.3) is 21.8 Å². The maximum absolute atomic E-state index is 12.1. The van der Waals surface area contributed by atoms with Crippen molar-refractivity contribution in [2.75, 3.05) is 6.79 Å². The SMILES string of the molecule is O=C(OCOC(=O)c1ccc2ncccc2c1)c1ccc2ncccc2c1. The number of fused-ring (bicyclic) bond motifs is 2. The zero-order chi connectivity index (χ0) is 18.6. The minimum Gasteiger partial charge on any atom is -0.424 e. The molecular formula is C21H14N2O4. The van der Waals surface area contributed by atoms with Gasteiger partial charge >= 0.3 is 11.9 Å². The first-order valence-electron chi connectivity index (χ1n) is 8.24. The molecule has 0 saturated heterocycles. The van der Waals surface area contributed by atoms with Crippen LogP contribution in [-0.2, 0) is 9.47 Å². The second-order valence-corrected chi connectivity index (χ2v) is 5.80. The van der Waals surface area contributed by atoms with Crippen LogP contribution in [0.5, 0.6) is 0 Å². The molecule has 2 aromatic heterocycles. The molecule has 0 spiro atoms. The smallest absolute Gasteiger partial charge is 0.341 e. The molecule has 6 heteroatoms. The molecule has 0 aliphatic heterocycles. The first-order chi connectivity index (χ1) is 13.2. The lowest BCUT2D eigenvalue weighted by Gasteiger charge is -2.07. The summed E-state index contributed by atoms with van der Waals surface area (Å²) in [5.74, 6) is -1.15. The number of carbonyl (C=O) groups excluding carboxylic acids is 2. The first kappa shape index (κ1) is 16.7. The van der Waals surface area contributed by atoms with Gasteiger partial charge in [-0.3, -0.25) is 9.97 Å². The van der Waals surface area contributed by atoms with E-state index in [1.807, 2.05) is 12.1 Å². The average molecular weight is 358 g/mol. The molecule has 132 valence electrons. The molecule has 0 radical (unpaired) electrons. The van der Waals surface area contributed by atoms with Gasteiger partial charge in [-0.15, -0.1) is 0 Å². The molecule has 0 unspecified atom stereocenters. The average Bonchev–Trinajstić information content (AvgIpc) is 2.72. The van der Waals surface area contributed by atoms with Crippen LogP contribution in [0.4, 0.5) is 0 Å². The minimum atomic E-state index is -0.573. The standard InChI is InChI=1S/C21H14N2O4/c24-20(16-5-7-18-14(11-16)3-1-9-22-18)26-13-27-21(25)17-6-8-19-15(12-17)4-2-10-23-19/h1-12H,13H2. The summed E-state index contributed by atoms with van der Waals surface area (Å²) in [7, 11) is 0. The summed E-state index contributed by atoms with van der Waals surface area (Å²) in [5.41, 5.74) is 2.30. The Kier molecular flexibility index (Phi) is 4.45. The molecule has 27 heavy (non-hydrogen) atoms. The molecule has 0 aliphatic rings. The summed E-state index contributed by atoms with van der Waals surface area (Å²) in [6.07, 6.45) is 3.37. The largest absolute Gasteiger partial charge is 0.424 e. The van der Waals surface area contributed by atoms with E-state index in [-0.39, 0.29) is 0 Å². The maximum Gasteiger partial charge on any atom is 0.341 e. The Morgan fingerprint density at radius 1 is 0.704 bits per heavy atom. The Morgan fingerprint density at radius 3 is 1.67 bits per heavy atom. The normalized spacial score (nSPS) is 10.7. The molecule has 0 amide bonds. The van der Waals surface area contributed by atoms with Gasteiger partial charge in [-0.25, -0.2) is 9.59 Å². The van der Waals surface area contributed by atoms with Crippen molar-refractivity contribution >= 4 is 33.7 Å². The highest BCUT2D eigenvalue weighted by atomic mass is 16.7. The predicted molar refractivity (Wildman–Crippen MR) is 99.2 cm³/mol. The van der Waals surface area contributed by atoms with Gasteiger partial charge in [-0.2, -0.15) is 0 Å². The molecule has 6 nitrogen and oxygen atoms in total. The Morgan fingerprint density at radius 2 is 1.19 bits per heavy atom. The third-order valence-corrected chi connectivity index (χ3v) is 4.06. The quantitative estimate of drug-likeness (QED) is 0.408. The summed E-state index contributed by atoms with van der Waals surface area (Å²) in [6.45, 7) is -0.464. The molecular weight excluding hydrogens is 344 g/mol. The van der Waals surface area contributed by atoms with Gasteiger partial charge in [0.25, 0.3) is 0 Å². The lowest BCUT2D eigenvalue weighted by molar-refractivity contribution is -0.0167. The molecule has 0 aliphatic carbocycles. The van der Waals surface area contributed by atoms with Gasteiger partial charge in [0.05, 0.1) is 22.2 Å². The van der Waals surface area contributed by atoms with Crippen LogP contribution in [0.15, 0.2) is 73.1 Å². The van der Waals surface area contributed by atoms with Gasteiger partial charge in [-0.1, -0.05) is 12.1 Å². The summed E-state index contributed by atoms with van der Waals surface area (Å²) in [6, 6.07) is 17.4. The van der Waals surface area contributed by atoms with Gasteiger partial charge in [0.15, 0.2) is 0 Å². The van der Waals surface area contributed by atoms with Crippen LogP contribution in [0.3, 0.4) is 0 Å². The Labute approximate surface area is 154 Å². The van der Waals surface area contributed by atoms with E-state index in [0.717, 1.165) is 21.8 Å². The molecule has 2 aromatic carbocycles. The number of esters is 2. The van der Waals surface area contributed by atoms with Crippen LogP contribution in [-0.4, -0.2) is 28.7 Å². The van der Waals surface area contributed by atoms with Crippen molar-refractivity contribution in [3.8, 4) is 0 Å². The van der Waals surface area contributed by atoms with Crippen molar-refractivity contribution in [3.05, 3.63) is 84.2 Å². The van der Waals surface area contributed by atoms with E-state index in [4.69, 9.17) is 9.47 Å². The van der Waals surface area contributed by atoms with E-state index in [1.54, 1.807) is 60.9 Å². The highest BCUT2D eigenvalue weighted by Gasteiger charge is 2.12. The second-order valence-electron chi connectivity index (χ2n) is 5.80. The second kappa shape index (κ2) is 7.21. The van der Waals surface area contributed by atoms with Crippen LogP contribution in [0.2, 0.25) is 0 Å². The molecule has 0 fully saturated rings. The van der Waals surface area contributed by atoms with Crippen LogP contribution >= 0.6 is 0 Å². The van der Waals surface area contributed by atoms with Crippen molar-refractivity contribution in [2.24, 2.45) is 0 Å². The number of carbonyl (C=O) groups is 2. The Balaban J connectivity index is 1.39. The monoisotopic (exact) mass is 358 g/mol. The lowest BCUT2D eigenvalue weighted by Crippen LogP contribution is -2.13. The number of nitrogens with zero attached hydrogens (tertiary/aromatic N) is 2. The predicted octanol–water partition coefficient (Wildman–Crippen LogP) is 3.75. The molecule has 4 rings (SSSR count). The molecule has 0 bridgehead atoms. The number of rotatable bonds is 4. The number of hydrogen-bond acceptors (Lipinski definition) is 6. The topological polar surface area (TPSA) is 78.4 Å². The Hall–Kier alpha value is -3.80. The van der Waals surface area contributed by atoms with E-state index in [9.17, 15) is 9.59 Å². The van der Waals surface area contributed by atoms with Crippen LogP contribution < -0.4 is 0 Å². The summed E-state index contributed by atoms with van der Waals surface area (Å²) in [5, 5.41) is 1.66. The number of ether oxygens (including phenoxy) is 2. The van der Waals surface area contributed by atoms with Crippen molar-refractivity contribution in [3.63, 3.8) is 0 Å². The summed E-state index contributed by atoms with van der Waals surface area (Å²) in [4.78, 5) is 32.7. The molecule has 4 aromatic rings. The summed E-state index contributed by atoms with van der Waals surface area (Å²) < 4.78 is 10.1. The molecule has 0 N–H and O–H groups in total. The van der Waals surface area contributed by atoms with Crippen molar-refractivity contribution in [1.29, 1.82) is 0 Å². The number of aromatic nitrogens is 2. The van der Waals surface area contributed by atoms with Gasteiger partial charge < -0.3 is 9.47 Å². The van der Waals surface area contributed by atoms with Crippen molar-refractivity contribution in [2.45, 2.75) is 0 Å². The van der Waals surface area contributed by atoms with E-state index in [2.05, 4.69) is 9.97 Å². The zero-order valence-corrected chi connectivity index (χ0v) is 14.2. The number of hydrogen-bond donors (Lipinski definition) is 0. The van der Waals surface area contributed by atoms with Crippen LogP contribution in [0.1, 0.15) is 20.7 Å². The highest BCUT2D eigenvalue weighted by molar-refractivity contribution is 5.95. The maximum atomic E-state index is 12.1. The first-order valence-corrected chi connectivity index (χ1v) is 8.24. The number of benzene rings is 2.